The van der Waals surface area contributed by atoms with E-state index in [4.69, 9.17) is 10.5 Å². The maximum Gasteiger partial charge on any atom is 0.0963 e. The molecule has 82 valence electrons. The van der Waals surface area contributed by atoms with Crippen molar-refractivity contribution in [1.29, 1.82) is 10.5 Å². The van der Waals surface area contributed by atoms with Crippen LogP contribution < -0.4 is 0 Å². The molecule has 0 aliphatic heterocycles. The highest BCUT2D eigenvalue weighted by molar-refractivity contribution is 5.56. The normalized spacial score (nSPS) is 49.0. The molecule has 5 atom stereocenters. The Bertz CT molecular complexity index is 470. The number of rotatable bonds is 0. The van der Waals surface area contributed by atoms with Gasteiger partial charge in [0.2, 0.25) is 0 Å². The van der Waals surface area contributed by atoms with E-state index in [2.05, 4.69) is 6.07 Å². The minimum atomic E-state index is -0.868. The van der Waals surface area contributed by atoms with E-state index in [1.807, 2.05) is 6.07 Å². The van der Waals surface area contributed by atoms with Gasteiger partial charge in [-0.25, -0.2) is 0 Å². The number of allylic oxidation sites excluding steroid dienone is 1. The molecule has 4 heteroatoms. The van der Waals surface area contributed by atoms with E-state index in [0.717, 1.165) is 19.3 Å². The molecule has 0 radical (unpaired) electrons. The second-order valence-corrected chi connectivity index (χ2v) is 5.13. The first kappa shape index (κ1) is 9.84. The molecule has 0 aromatic rings. The first-order valence-electron chi connectivity index (χ1n) is 5.56. The third-order valence-corrected chi connectivity index (χ3v) is 4.67. The van der Waals surface area contributed by atoms with Crippen LogP contribution in [0, 0.1) is 39.9 Å². The molecule has 2 saturated carbocycles. The van der Waals surface area contributed by atoms with Crippen LogP contribution in [0.1, 0.15) is 19.3 Å². The summed E-state index contributed by atoms with van der Waals surface area (Å²) in [7, 11) is 0. The molecule has 16 heavy (non-hydrogen) atoms. The van der Waals surface area contributed by atoms with Gasteiger partial charge in [0.15, 0.2) is 0 Å². The monoisotopic (exact) mass is 216 g/mol. The van der Waals surface area contributed by atoms with E-state index < -0.39 is 12.2 Å². The van der Waals surface area contributed by atoms with E-state index >= 15 is 0 Å². The van der Waals surface area contributed by atoms with Gasteiger partial charge in [0.1, 0.15) is 0 Å². The van der Waals surface area contributed by atoms with Crippen molar-refractivity contribution >= 4 is 0 Å². The van der Waals surface area contributed by atoms with Crippen molar-refractivity contribution in [2.75, 3.05) is 0 Å². The second kappa shape index (κ2) is 2.85. The minimum absolute atomic E-state index is 0.0924. The summed E-state index contributed by atoms with van der Waals surface area (Å²) in [6.07, 6.45) is 0.824. The number of nitrogens with zero attached hydrogens (tertiary/aromatic N) is 2. The van der Waals surface area contributed by atoms with Crippen LogP contribution in [0.15, 0.2) is 11.1 Å². The molecule has 3 aliphatic carbocycles. The van der Waals surface area contributed by atoms with Crippen molar-refractivity contribution in [2.24, 2.45) is 17.3 Å². The molecule has 1 spiro atoms. The van der Waals surface area contributed by atoms with Gasteiger partial charge in [0.05, 0.1) is 35.5 Å². The van der Waals surface area contributed by atoms with E-state index in [9.17, 15) is 10.2 Å². The lowest BCUT2D eigenvalue weighted by Gasteiger charge is -2.52. The summed E-state index contributed by atoms with van der Waals surface area (Å²) in [6.45, 7) is 0. The van der Waals surface area contributed by atoms with Gasteiger partial charge >= 0.3 is 0 Å². The Morgan fingerprint density at radius 2 is 1.94 bits per heavy atom. The van der Waals surface area contributed by atoms with E-state index in [1.54, 1.807) is 0 Å². The molecule has 2 bridgehead atoms. The smallest absolute Gasteiger partial charge is 0.0963 e. The number of hydrogen-bond donors (Lipinski definition) is 2. The van der Waals surface area contributed by atoms with Crippen molar-refractivity contribution in [3.8, 4) is 12.1 Å². The summed E-state index contributed by atoms with van der Waals surface area (Å²) in [4.78, 5) is 0. The van der Waals surface area contributed by atoms with E-state index in [-0.39, 0.29) is 17.3 Å². The Kier molecular flexibility index (Phi) is 1.75. The zero-order chi connectivity index (χ0) is 11.5. The van der Waals surface area contributed by atoms with Gasteiger partial charge in [0, 0.05) is 11.3 Å². The van der Waals surface area contributed by atoms with Gasteiger partial charge in [-0.3, -0.25) is 0 Å². The third kappa shape index (κ3) is 0.822. The molecule has 3 aliphatic rings. The van der Waals surface area contributed by atoms with Gasteiger partial charge in [-0.15, -0.1) is 0 Å². The van der Waals surface area contributed by atoms with Crippen molar-refractivity contribution in [2.45, 2.75) is 31.5 Å². The summed E-state index contributed by atoms with van der Waals surface area (Å²) >= 11 is 0. The molecule has 0 heterocycles. The van der Waals surface area contributed by atoms with Crippen LogP contribution >= 0.6 is 0 Å². The first-order valence-corrected chi connectivity index (χ1v) is 5.56. The van der Waals surface area contributed by atoms with Crippen LogP contribution in [0.5, 0.6) is 0 Å². The van der Waals surface area contributed by atoms with Crippen molar-refractivity contribution in [3.05, 3.63) is 11.1 Å². The SMILES string of the molecule is N#CC1=C(C#N)C23CCC(C2)C(O)C(O)C13. The average molecular weight is 216 g/mol. The van der Waals surface area contributed by atoms with Gasteiger partial charge in [-0.05, 0) is 25.2 Å². The number of aliphatic hydroxyl groups excluding tert-OH is 2. The first-order chi connectivity index (χ1) is 7.65. The molecule has 4 nitrogen and oxygen atoms in total. The molecule has 2 N–H and O–H groups in total. The predicted octanol–water partition coefficient (Wildman–Crippen LogP) is 0.482. The number of hydrogen-bond acceptors (Lipinski definition) is 4. The Hall–Kier alpha value is -1.36. The van der Waals surface area contributed by atoms with Crippen LogP contribution in [0.25, 0.3) is 0 Å². The number of nitriles is 2. The fourth-order valence-electron chi connectivity index (χ4n) is 3.96. The van der Waals surface area contributed by atoms with Crippen molar-refractivity contribution < 1.29 is 10.2 Å². The molecule has 0 saturated heterocycles. The number of aliphatic hydroxyl groups is 2. The average Bonchev–Trinajstić information content (AvgIpc) is 2.68. The minimum Gasteiger partial charge on any atom is -0.390 e. The molecule has 5 unspecified atom stereocenters. The van der Waals surface area contributed by atoms with Gasteiger partial charge in [-0.1, -0.05) is 0 Å². The Morgan fingerprint density at radius 1 is 1.19 bits per heavy atom. The predicted molar refractivity (Wildman–Crippen MR) is 53.5 cm³/mol. The molecule has 0 amide bonds. The Morgan fingerprint density at radius 3 is 2.56 bits per heavy atom. The molecule has 0 aromatic carbocycles. The van der Waals surface area contributed by atoms with Crippen LogP contribution in [0.3, 0.4) is 0 Å². The zero-order valence-corrected chi connectivity index (χ0v) is 8.72. The highest BCUT2D eigenvalue weighted by Gasteiger charge is 2.65. The highest BCUT2D eigenvalue weighted by Crippen LogP contribution is 2.66. The lowest BCUT2D eigenvalue weighted by molar-refractivity contribution is -0.0952. The van der Waals surface area contributed by atoms with E-state index in [1.165, 1.54) is 0 Å². The van der Waals surface area contributed by atoms with Crippen LogP contribution in [-0.2, 0) is 0 Å². The fourth-order valence-corrected chi connectivity index (χ4v) is 3.96. The van der Waals surface area contributed by atoms with E-state index in [0.29, 0.717) is 11.1 Å². The van der Waals surface area contributed by atoms with Crippen LogP contribution in [-0.4, -0.2) is 22.4 Å². The molecule has 3 rings (SSSR count). The molecular formula is C12H12N2O2. The van der Waals surface area contributed by atoms with Gasteiger partial charge in [0.25, 0.3) is 0 Å². The topological polar surface area (TPSA) is 88.0 Å². The maximum atomic E-state index is 10.0. The second-order valence-electron chi connectivity index (χ2n) is 5.13. The Labute approximate surface area is 93.4 Å². The third-order valence-electron chi connectivity index (χ3n) is 4.67. The molecular weight excluding hydrogens is 204 g/mol. The summed E-state index contributed by atoms with van der Waals surface area (Å²) < 4.78 is 0. The van der Waals surface area contributed by atoms with Gasteiger partial charge < -0.3 is 10.2 Å². The summed E-state index contributed by atoms with van der Waals surface area (Å²) in [6, 6.07) is 4.14. The lowest BCUT2D eigenvalue weighted by atomic mass is 9.50. The zero-order valence-electron chi connectivity index (χ0n) is 8.72. The van der Waals surface area contributed by atoms with Crippen LogP contribution in [0.2, 0.25) is 0 Å². The summed E-state index contributed by atoms with van der Waals surface area (Å²) in [5, 5.41) is 38.0. The summed E-state index contributed by atoms with van der Waals surface area (Å²) in [5.74, 6) is -0.212. The van der Waals surface area contributed by atoms with Crippen molar-refractivity contribution in [1.82, 2.24) is 0 Å². The number of fused-ring (bicyclic) bond motifs is 1. The largest absolute Gasteiger partial charge is 0.390 e. The molecule has 0 aromatic heterocycles. The summed E-state index contributed by atoms with van der Waals surface area (Å²) in [5.41, 5.74) is 0.672. The quantitative estimate of drug-likeness (QED) is 0.616. The highest BCUT2D eigenvalue weighted by atomic mass is 16.3. The van der Waals surface area contributed by atoms with Crippen LogP contribution in [0.4, 0.5) is 0 Å². The Balaban J connectivity index is 2.13. The standard InChI is InChI=1S/C12H12N2O2/c13-4-7-8(5-14)12-2-1-6(3-12)10(15)11(16)9(7)12/h6,9-11,15-16H,1-3H2. The van der Waals surface area contributed by atoms with Crippen molar-refractivity contribution in [3.63, 3.8) is 0 Å². The lowest BCUT2D eigenvalue weighted by Crippen LogP contribution is -2.55. The fraction of sp³-hybridized carbons (Fsp3) is 0.667. The van der Waals surface area contributed by atoms with Gasteiger partial charge in [-0.2, -0.15) is 10.5 Å². The maximum absolute atomic E-state index is 10.0. The molecule has 2 fully saturated rings.